The molecule has 2 aromatic heterocycles. The van der Waals surface area contributed by atoms with Crippen LogP contribution in [0.1, 0.15) is 23.1 Å². The molecule has 2 atom stereocenters. The normalized spacial score (nSPS) is 17.1. The number of benzene rings is 1. The lowest BCUT2D eigenvalue weighted by atomic mass is 10.1. The second-order valence-corrected chi connectivity index (χ2v) is 12.9. The summed E-state index contributed by atoms with van der Waals surface area (Å²) < 4.78 is 42.9. The van der Waals surface area contributed by atoms with E-state index in [9.17, 15) is 13.5 Å². The van der Waals surface area contributed by atoms with E-state index in [-0.39, 0.29) is 18.4 Å². The van der Waals surface area contributed by atoms with Crippen LogP contribution < -0.4 is 15.4 Å². The van der Waals surface area contributed by atoms with Gasteiger partial charge in [-0.3, -0.25) is 0 Å². The summed E-state index contributed by atoms with van der Waals surface area (Å²) in [5.41, 5.74) is 4.22. The first-order valence-corrected chi connectivity index (χ1v) is 15.7. The molecule has 1 aliphatic rings. The molecule has 1 aliphatic heterocycles. The minimum Gasteiger partial charge on any atom is -0.491 e. The van der Waals surface area contributed by atoms with Gasteiger partial charge in [-0.1, -0.05) is 12.1 Å². The van der Waals surface area contributed by atoms with Crippen molar-refractivity contribution in [1.29, 1.82) is 0 Å². The van der Waals surface area contributed by atoms with Crippen molar-refractivity contribution in [2.75, 3.05) is 57.6 Å². The van der Waals surface area contributed by atoms with E-state index in [0.29, 0.717) is 50.2 Å². The Hall–Kier alpha value is -2.68. The molecule has 2 unspecified atom stereocenters. The van der Waals surface area contributed by atoms with E-state index in [2.05, 4.69) is 15.0 Å². The number of hydrogen-bond donors (Lipinski definition) is 3. The molecule has 1 aromatic carbocycles. The van der Waals surface area contributed by atoms with Gasteiger partial charge in [0.25, 0.3) is 0 Å². The maximum absolute atomic E-state index is 12.7. The molecule has 11 nitrogen and oxygen atoms in total. The van der Waals surface area contributed by atoms with Gasteiger partial charge in [-0.05, 0) is 58.4 Å². The number of nitrogens with zero attached hydrogens (tertiary/aromatic N) is 4. The van der Waals surface area contributed by atoms with Crippen molar-refractivity contribution >= 4 is 27.4 Å². The van der Waals surface area contributed by atoms with Crippen LogP contribution in [0.3, 0.4) is 0 Å². The maximum atomic E-state index is 12.7. The van der Waals surface area contributed by atoms with E-state index < -0.39 is 16.1 Å². The number of aliphatic hydroxyl groups excluding tert-OH is 1. The number of morpholine rings is 1. The van der Waals surface area contributed by atoms with Crippen LogP contribution in [-0.2, 0) is 14.8 Å². The van der Waals surface area contributed by atoms with Gasteiger partial charge < -0.3 is 25.2 Å². The Labute approximate surface area is 240 Å². The van der Waals surface area contributed by atoms with Gasteiger partial charge in [-0.25, -0.2) is 18.4 Å². The smallest absolute Gasteiger partial charge is 0.214 e. The largest absolute Gasteiger partial charge is 0.491 e. The van der Waals surface area contributed by atoms with Crippen LogP contribution >= 0.6 is 11.5 Å². The zero-order chi connectivity index (χ0) is 28.9. The summed E-state index contributed by atoms with van der Waals surface area (Å²) in [7, 11) is -1.60. The molecule has 1 saturated heterocycles. The zero-order valence-corrected chi connectivity index (χ0v) is 25.2. The minimum atomic E-state index is -3.37. The first-order valence-electron chi connectivity index (χ1n) is 13.3. The van der Waals surface area contributed by atoms with Crippen LogP contribution in [-0.4, -0.2) is 96.6 Å². The van der Waals surface area contributed by atoms with Crippen LogP contribution in [0.5, 0.6) is 5.75 Å². The number of aliphatic hydroxyl groups is 1. The Morgan fingerprint density at radius 2 is 2.08 bits per heavy atom. The molecule has 218 valence electrons. The Balaban J connectivity index is 1.69. The number of nitrogens with one attached hydrogen (secondary N) is 2. The average Bonchev–Trinajstić information content (AvgIpc) is 3.29. The first kappa shape index (κ1) is 30.3. The fraction of sp³-hybridized carbons (Fsp3) is 0.519. The second kappa shape index (κ2) is 13.3. The molecule has 1 fully saturated rings. The minimum absolute atomic E-state index is 0.0401. The van der Waals surface area contributed by atoms with Gasteiger partial charge in [0.1, 0.15) is 24.3 Å². The molecule has 0 aliphatic carbocycles. The van der Waals surface area contributed by atoms with Crippen LogP contribution in [0, 0.1) is 20.8 Å². The molecule has 0 amide bonds. The predicted molar refractivity (Wildman–Crippen MR) is 157 cm³/mol. The predicted octanol–water partition coefficient (Wildman–Crippen LogP) is 2.61. The SMILES string of the molecule is CCS(=O)(=O)N1CCOCC1CNc1nc(-c2cccc(OCC(O)CNC)c2)nc(-c2c(C)nsc2C)c1C. The monoisotopic (exact) mass is 590 g/mol. The van der Waals surface area contributed by atoms with E-state index in [1.54, 1.807) is 14.0 Å². The van der Waals surface area contributed by atoms with E-state index in [1.165, 1.54) is 15.8 Å². The first-order chi connectivity index (χ1) is 19.1. The third-order valence-electron chi connectivity index (χ3n) is 6.79. The summed E-state index contributed by atoms with van der Waals surface area (Å²) in [5, 5.41) is 16.4. The molecule has 3 heterocycles. The van der Waals surface area contributed by atoms with Gasteiger partial charge in [0.2, 0.25) is 10.0 Å². The van der Waals surface area contributed by atoms with Gasteiger partial charge in [-0.15, -0.1) is 0 Å². The molecule has 40 heavy (non-hydrogen) atoms. The molecule has 3 aromatic rings. The van der Waals surface area contributed by atoms with Gasteiger partial charge >= 0.3 is 0 Å². The lowest BCUT2D eigenvalue weighted by Crippen LogP contribution is -2.52. The molecule has 0 bridgehead atoms. The highest BCUT2D eigenvalue weighted by molar-refractivity contribution is 7.89. The number of ether oxygens (including phenoxy) is 2. The van der Waals surface area contributed by atoms with E-state index in [4.69, 9.17) is 19.4 Å². The molecule has 0 radical (unpaired) electrons. The van der Waals surface area contributed by atoms with Crippen LogP contribution in [0.2, 0.25) is 0 Å². The Bertz CT molecular complexity index is 1390. The Morgan fingerprint density at radius 3 is 2.77 bits per heavy atom. The number of rotatable bonds is 12. The van der Waals surface area contributed by atoms with Gasteiger partial charge in [-0.2, -0.15) is 8.68 Å². The summed E-state index contributed by atoms with van der Waals surface area (Å²) >= 11 is 1.43. The highest BCUT2D eigenvalue weighted by Gasteiger charge is 2.32. The van der Waals surface area contributed by atoms with E-state index in [0.717, 1.165) is 33.0 Å². The zero-order valence-electron chi connectivity index (χ0n) is 23.6. The number of likely N-dealkylation sites (N-methyl/N-ethyl adjacent to an activating group) is 1. The fourth-order valence-corrected chi connectivity index (χ4v) is 6.62. The Kier molecular flexibility index (Phi) is 10.1. The van der Waals surface area contributed by atoms with E-state index in [1.807, 2.05) is 45.0 Å². The third kappa shape index (κ3) is 6.96. The van der Waals surface area contributed by atoms with Crippen molar-refractivity contribution in [3.63, 3.8) is 0 Å². The molecule has 13 heteroatoms. The number of sulfonamides is 1. The quantitative estimate of drug-likeness (QED) is 0.289. The number of anilines is 1. The van der Waals surface area contributed by atoms with Crippen molar-refractivity contribution < 1.29 is 23.0 Å². The molecule has 4 rings (SSSR count). The summed E-state index contributed by atoms with van der Waals surface area (Å²) in [4.78, 5) is 10.9. The lowest BCUT2D eigenvalue weighted by molar-refractivity contribution is 0.0373. The van der Waals surface area contributed by atoms with Crippen molar-refractivity contribution in [3.05, 3.63) is 40.4 Å². The molecular formula is C27H38N6O5S2. The molecule has 0 saturated carbocycles. The van der Waals surface area contributed by atoms with Gasteiger partial charge in [0.05, 0.1) is 36.4 Å². The van der Waals surface area contributed by atoms with Crippen molar-refractivity contribution in [2.24, 2.45) is 0 Å². The van der Waals surface area contributed by atoms with Crippen LogP contribution in [0.4, 0.5) is 5.82 Å². The van der Waals surface area contributed by atoms with Crippen molar-refractivity contribution in [1.82, 2.24) is 24.0 Å². The molecular weight excluding hydrogens is 552 g/mol. The number of aromatic nitrogens is 3. The van der Waals surface area contributed by atoms with E-state index >= 15 is 0 Å². The van der Waals surface area contributed by atoms with Gasteiger partial charge in [0.15, 0.2) is 5.82 Å². The van der Waals surface area contributed by atoms with Crippen LogP contribution in [0.25, 0.3) is 22.6 Å². The molecule has 3 N–H and O–H groups in total. The molecule has 0 spiro atoms. The number of hydrogen-bond acceptors (Lipinski definition) is 11. The van der Waals surface area contributed by atoms with Crippen LogP contribution in [0.15, 0.2) is 24.3 Å². The topological polar surface area (TPSA) is 139 Å². The van der Waals surface area contributed by atoms with Crippen molar-refractivity contribution in [3.8, 4) is 28.4 Å². The third-order valence-corrected chi connectivity index (χ3v) is 9.56. The summed E-state index contributed by atoms with van der Waals surface area (Å²) in [5.74, 6) is 1.74. The Morgan fingerprint density at radius 1 is 1.27 bits per heavy atom. The summed E-state index contributed by atoms with van der Waals surface area (Å²) in [6, 6.07) is 7.09. The average molecular weight is 591 g/mol. The standard InChI is InChI=1S/C27H38N6O5S2/c1-6-40(35,36)33-10-11-37-15-21(33)13-29-26-17(2)25(24-18(3)32-39-19(24)4)30-27(31-26)20-8-7-9-23(12-20)38-16-22(34)14-28-5/h7-9,12,21-22,28,34H,6,10-11,13-16H2,1-5H3,(H,29,30,31). The lowest BCUT2D eigenvalue weighted by Gasteiger charge is -2.34. The summed E-state index contributed by atoms with van der Waals surface area (Å²) in [6.45, 7) is 9.52. The van der Waals surface area contributed by atoms with Crippen molar-refractivity contribution in [2.45, 2.75) is 39.8 Å². The highest BCUT2D eigenvalue weighted by Crippen LogP contribution is 2.35. The number of aryl methyl sites for hydroxylation is 2. The summed E-state index contributed by atoms with van der Waals surface area (Å²) in [6.07, 6.45) is -0.636. The second-order valence-electron chi connectivity index (χ2n) is 9.74. The highest BCUT2D eigenvalue weighted by atomic mass is 32.2. The maximum Gasteiger partial charge on any atom is 0.214 e. The van der Waals surface area contributed by atoms with Gasteiger partial charge in [0, 0.05) is 41.2 Å². The fourth-order valence-electron chi connectivity index (χ4n) is 4.64.